The van der Waals surface area contributed by atoms with E-state index in [1.165, 1.54) is 0 Å². The first-order valence-corrected chi connectivity index (χ1v) is 5.58. The molecule has 1 rings (SSSR count). The first kappa shape index (κ1) is 11.9. The number of nitrogen functional groups attached to an aromatic ring is 1. The largest absolute Gasteiger partial charge is 0.490 e. The van der Waals surface area contributed by atoms with Crippen LogP contribution in [0, 0.1) is 13.8 Å². The fraction of sp³-hybridized carbons (Fsp3) is 0.538. The average Bonchev–Trinajstić information content (AvgIpc) is 2.14. The first-order chi connectivity index (χ1) is 7.04. The van der Waals surface area contributed by atoms with Gasteiger partial charge in [0.25, 0.3) is 0 Å². The van der Waals surface area contributed by atoms with Gasteiger partial charge in [-0.1, -0.05) is 13.3 Å². The molecule has 0 aromatic heterocycles. The molecule has 0 saturated heterocycles. The molecule has 15 heavy (non-hydrogen) atoms. The van der Waals surface area contributed by atoms with Crippen LogP contribution in [0.2, 0.25) is 0 Å². The van der Waals surface area contributed by atoms with Gasteiger partial charge in [0.2, 0.25) is 0 Å². The van der Waals surface area contributed by atoms with Crippen molar-refractivity contribution < 1.29 is 4.74 Å². The summed E-state index contributed by atoms with van der Waals surface area (Å²) in [4.78, 5) is 0. The molecule has 0 aliphatic carbocycles. The summed E-state index contributed by atoms with van der Waals surface area (Å²) in [6.07, 6.45) is 2.51. The SMILES string of the molecule is CCCC(C)Oc1cc(C)c(N)cc1C. The molecule has 1 atom stereocenters. The lowest BCUT2D eigenvalue weighted by Crippen LogP contribution is -2.12. The molecular formula is C13H21NO. The molecule has 1 aromatic carbocycles. The molecule has 2 nitrogen and oxygen atoms in total. The molecule has 0 heterocycles. The summed E-state index contributed by atoms with van der Waals surface area (Å²) in [6.45, 7) is 8.31. The zero-order valence-electron chi connectivity index (χ0n) is 10.1. The third kappa shape index (κ3) is 3.15. The summed E-state index contributed by atoms with van der Waals surface area (Å²) in [6, 6.07) is 4.00. The maximum atomic E-state index is 5.87. The number of rotatable bonds is 4. The van der Waals surface area contributed by atoms with Gasteiger partial charge < -0.3 is 10.5 Å². The van der Waals surface area contributed by atoms with Gasteiger partial charge in [-0.2, -0.15) is 0 Å². The molecule has 0 fully saturated rings. The Balaban J connectivity index is 2.81. The minimum atomic E-state index is 0.275. The van der Waals surface area contributed by atoms with Gasteiger partial charge in [0.1, 0.15) is 5.75 Å². The van der Waals surface area contributed by atoms with Crippen molar-refractivity contribution in [1.29, 1.82) is 0 Å². The van der Waals surface area contributed by atoms with Gasteiger partial charge in [0.15, 0.2) is 0 Å². The van der Waals surface area contributed by atoms with E-state index in [0.29, 0.717) is 0 Å². The summed E-state index contributed by atoms with van der Waals surface area (Å²) in [5.41, 5.74) is 8.85. The third-order valence-electron chi connectivity index (χ3n) is 2.59. The quantitative estimate of drug-likeness (QED) is 0.767. The molecule has 0 spiro atoms. The Hall–Kier alpha value is -1.18. The molecule has 0 saturated carbocycles. The minimum absolute atomic E-state index is 0.275. The molecule has 2 N–H and O–H groups in total. The minimum Gasteiger partial charge on any atom is -0.490 e. The van der Waals surface area contributed by atoms with Crippen molar-refractivity contribution in [3.8, 4) is 5.75 Å². The summed E-state index contributed by atoms with van der Waals surface area (Å²) in [5, 5.41) is 0. The van der Waals surface area contributed by atoms with Crippen molar-refractivity contribution in [2.45, 2.75) is 46.6 Å². The Labute approximate surface area is 92.4 Å². The van der Waals surface area contributed by atoms with Crippen LogP contribution < -0.4 is 10.5 Å². The van der Waals surface area contributed by atoms with E-state index in [2.05, 4.69) is 13.8 Å². The molecule has 1 aromatic rings. The maximum Gasteiger partial charge on any atom is 0.123 e. The zero-order chi connectivity index (χ0) is 11.4. The van der Waals surface area contributed by atoms with Gasteiger partial charge in [0.05, 0.1) is 6.10 Å². The molecular weight excluding hydrogens is 186 g/mol. The Bertz CT molecular complexity index is 334. The summed E-state index contributed by atoms with van der Waals surface area (Å²) in [7, 11) is 0. The van der Waals surface area contributed by atoms with Crippen molar-refractivity contribution >= 4 is 5.69 Å². The lowest BCUT2D eigenvalue weighted by atomic mass is 10.1. The fourth-order valence-electron chi connectivity index (χ4n) is 1.62. The lowest BCUT2D eigenvalue weighted by Gasteiger charge is -2.17. The number of hydrogen-bond donors (Lipinski definition) is 1. The number of anilines is 1. The molecule has 2 heteroatoms. The van der Waals surface area contributed by atoms with E-state index in [-0.39, 0.29) is 6.10 Å². The number of nitrogens with two attached hydrogens (primary N) is 1. The van der Waals surface area contributed by atoms with Crippen molar-refractivity contribution in [3.05, 3.63) is 23.3 Å². The Kier molecular flexibility index (Phi) is 4.01. The van der Waals surface area contributed by atoms with E-state index in [0.717, 1.165) is 35.4 Å². The first-order valence-electron chi connectivity index (χ1n) is 5.58. The van der Waals surface area contributed by atoms with Crippen LogP contribution in [-0.4, -0.2) is 6.10 Å². The Morgan fingerprint density at radius 2 is 1.93 bits per heavy atom. The number of aryl methyl sites for hydroxylation is 2. The van der Waals surface area contributed by atoms with Crippen molar-refractivity contribution in [1.82, 2.24) is 0 Å². The van der Waals surface area contributed by atoms with E-state index < -0.39 is 0 Å². The van der Waals surface area contributed by atoms with Crippen LogP contribution in [0.4, 0.5) is 5.69 Å². The topological polar surface area (TPSA) is 35.2 Å². The molecule has 0 aliphatic rings. The third-order valence-corrected chi connectivity index (χ3v) is 2.59. The van der Waals surface area contributed by atoms with Crippen LogP contribution >= 0.6 is 0 Å². The van der Waals surface area contributed by atoms with Crippen LogP contribution in [0.25, 0.3) is 0 Å². The van der Waals surface area contributed by atoms with Gasteiger partial charge in [-0.25, -0.2) is 0 Å². The summed E-state index contributed by atoms with van der Waals surface area (Å²) >= 11 is 0. The van der Waals surface area contributed by atoms with Crippen molar-refractivity contribution in [2.75, 3.05) is 5.73 Å². The van der Waals surface area contributed by atoms with Crippen LogP contribution in [0.5, 0.6) is 5.75 Å². The van der Waals surface area contributed by atoms with Gasteiger partial charge in [-0.15, -0.1) is 0 Å². The van der Waals surface area contributed by atoms with Crippen molar-refractivity contribution in [3.63, 3.8) is 0 Å². The second-order valence-electron chi connectivity index (χ2n) is 4.19. The zero-order valence-corrected chi connectivity index (χ0v) is 10.1. The number of hydrogen-bond acceptors (Lipinski definition) is 2. The normalized spacial score (nSPS) is 12.5. The van der Waals surface area contributed by atoms with Gasteiger partial charge >= 0.3 is 0 Å². The highest BCUT2D eigenvalue weighted by atomic mass is 16.5. The van der Waals surface area contributed by atoms with E-state index in [4.69, 9.17) is 10.5 Å². The van der Waals surface area contributed by atoms with E-state index in [1.807, 2.05) is 26.0 Å². The lowest BCUT2D eigenvalue weighted by molar-refractivity contribution is 0.208. The fourth-order valence-corrected chi connectivity index (χ4v) is 1.62. The monoisotopic (exact) mass is 207 g/mol. The molecule has 0 bridgehead atoms. The highest BCUT2D eigenvalue weighted by Gasteiger charge is 2.07. The van der Waals surface area contributed by atoms with E-state index >= 15 is 0 Å². The predicted molar refractivity (Wildman–Crippen MR) is 65.3 cm³/mol. The maximum absolute atomic E-state index is 5.87. The molecule has 84 valence electrons. The van der Waals surface area contributed by atoms with Crippen LogP contribution in [-0.2, 0) is 0 Å². The van der Waals surface area contributed by atoms with Gasteiger partial charge in [-0.05, 0) is 50.5 Å². The average molecular weight is 207 g/mol. The molecule has 0 radical (unpaired) electrons. The summed E-state index contributed by atoms with van der Waals surface area (Å²) in [5.74, 6) is 0.961. The van der Waals surface area contributed by atoms with Gasteiger partial charge in [-0.3, -0.25) is 0 Å². The smallest absolute Gasteiger partial charge is 0.123 e. The summed E-state index contributed by atoms with van der Waals surface area (Å²) < 4.78 is 5.87. The van der Waals surface area contributed by atoms with Crippen LogP contribution in [0.3, 0.4) is 0 Å². The highest BCUT2D eigenvalue weighted by molar-refractivity contribution is 5.53. The highest BCUT2D eigenvalue weighted by Crippen LogP contribution is 2.25. The molecule has 1 unspecified atom stereocenters. The Morgan fingerprint density at radius 1 is 1.27 bits per heavy atom. The Morgan fingerprint density at radius 3 is 2.53 bits per heavy atom. The van der Waals surface area contributed by atoms with E-state index in [9.17, 15) is 0 Å². The van der Waals surface area contributed by atoms with Crippen LogP contribution in [0.1, 0.15) is 37.8 Å². The predicted octanol–water partition coefficient (Wildman–Crippen LogP) is 3.45. The van der Waals surface area contributed by atoms with Crippen molar-refractivity contribution in [2.24, 2.45) is 0 Å². The second kappa shape index (κ2) is 5.06. The molecule has 0 aliphatic heterocycles. The molecule has 0 amide bonds. The number of ether oxygens (including phenoxy) is 1. The number of benzene rings is 1. The van der Waals surface area contributed by atoms with E-state index in [1.54, 1.807) is 0 Å². The second-order valence-corrected chi connectivity index (χ2v) is 4.19. The van der Waals surface area contributed by atoms with Crippen LogP contribution in [0.15, 0.2) is 12.1 Å². The standard InChI is InChI=1S/C13H21NO/c1-5-6-11(4)15-13-8-9(2)12(14)7-10(13)3/h7-8,11H,5-6,14H2,1-4H3. The van der Waals surface area contributed by atoms with Gasteiger partial charge in [0, 0.05) is 5.69 Å².